The zero-order chi connectivity index (χ0) is 15.1. The average Bonchev–Trinajstić information content (AvgIpc) is 3.01. The Morgan fingerprint density at radius 1 is 1.29 bits per heavy atom. The molecule has 0 amide bonds. The monoisotopic (exact) mass is 287 g/mol. The maximum absolute atomic E-state index is 5.53. The van der Waals surface area contributed by atoms with E-state index in [1.165, 1.54) is 11.1 Å². The van der Waals surface area contributed by atoms with Crippen LogP contribution < -0.4 is 10.1 Å². The van der Waals surface area contributed by atoms with Gasteiger partial charge in [0, 0.05) is 18.0 Å². The van der Waals surface area contributed by atoms with Crippen molar-refractivity contribution in [3.8, 4) is 5.75 Å². The highest BCUT2D eigenvalue weighted by molar-refractivity contribution is 5.39. The molecule has 0 aliphatic carbocycles. The van der Waals surface area contributed by atoms with Gasteiger partial charge < -0.3 is 14.5 Å². The van der Waals surface area contributed by atoms with Crippen molar-refractivity contribution < 1.29 is 9.15 Å². The summed E-state index contributed by atoms with van der Waals surface area (Å²) in [6.07, 6.45) is 4.77. The van der Waals surface area contributed by atoms with Crippen LogP contribution in [0.15, 0.2) is 41.0 Å². The number of hydrogen-bond donors (Lipinski definition) is 1. The Balaban J connectivity index is 2.16. The molecule has 0 saturated carbocycles. The molecule has 0 saturated heterocycles. The first-order valence-corrected chi connectivity index (χ1v) is 7.65. The molecule has 1 atom stereocenters. The SMILES string of the molecule is CCCNC(CCc1ccco1)c1cc(C)ccc1OC. The maximum Gasteiger partial charge on any atom is 0.123 e. The number of rotatable bonds is 8. The lowest BCUT2D eigenvalue weighted by Crippen LogP contribution is -2.23. The lowest BCUT2D eigenvalue weighted by atomic mass is 9.98. The second-order valence-corrected chi connectivity index (χ2v) is 5.37. The van der Waals surface area contributed by atoms with Crippen LogP contribution in [0.3, 0.4) is 0 Å². The van der Waals surface area contributed by atoms with Crippen molar-refractivity contribution in [1.29, 1.82) is 0 Å². The first-order chi connectivity index (χ1) is 10.2. The normalized spacial score (nSPS) is 12.3. The molecule has 1 aromatic heterocycles. The zero-order valence-corrected chi connectivity index (χ0v) is 13.2. The molecular formula is C18H25NO2. The molecule has 1 N–H and O–H groups in total. The third-order valence-corrected chi connectivity index (χ3v) is 3.66. The minimum atomic E-state index is 0.282. The van der Waals surface area contributed by atoms with E-state index in [2.05, 4.69) is 37.4 Å². The summed E-state index contributed by atoms with van der Waals surface area (Å²) < 4.78 is 11.0. The van der Waals surface area contributed by atoms with Crippen molar-refractivity contribution in [3.05, 3.63) is 53.5 Å². The summed E-state index contributed by atoms with van der Waals surface area (Å²) in [5.41, 5.74) is 2.49. The first-order valence-electron chi connectivity index (χ1n) is 7.65. The number of benzene rings is 1. The molecule has 1 unspecified atom stereocenters. The van der Waals surface area contributed by atoms with Crippen molar-refractivity contribution in [2.24, 2.45) is 0 Å². The van der Waals surface area contributed by atoms with Crippen LogP contribution in [0.2, 0.25) is 0 Å². The van der Waals surface area contributed by atoms with Crippen LogP contribution in [0.4, 0.5) is 0 Å². The third-order valence-electron chi connectivity index (χ3n) is 3.66. The Labute approximate surface area is 127 Å². The molecule has 2 rings (SSSR count). The highest BCUT2D eigenvalue weighted by Gasteiger charge is 2.16. The van der Waals surface area contributed by atoms with Gasteiger partial charge in [-0.1, -0.05) is 24.6 Å². The second kappa shape index (κ2) is 7.89. The quantitative estimate of drug-likeness (QED) is 0.787. The average molecular weight is 287 g/mol. The zero-order valence-electron chi connectivity index (χ0n) is 13.2. The van der Waals surface area contributed by atoms with Crippen molar-refractivity contribution in [3.63, 3.8) is 0 Å². The molecule has 0 aliphatic rings. The van der Waals surface area contributed by atoms with Gasteiger partial charge in [0.05, 0.1) is 13.4 Å². The highest BCUT2D eigenvalue weighted by Crippen LogP contribution is 2.29. The molecule has 3 heteroatoms. The molecule has 114 valence electrons. The summed E-state index contributed by atoms with van der Waals surface area (Å²) in [6.45, 7) is 5.30. The van der Waals surface area contributed by atoms with Crippen molar-refractivity contribution in [2.45, 2.75) is 39.2 Å². The molecule has 0 radical (unpaired) electrons. The van der Waals surface area contributed by atoms with Crippen molar-refractivity contribution in [2.75, 3.05) is 13.7 Å². The number of ether oxygens (including phenoxy) is 1. The van der Waals surface area contributed by atoms with E-state index >= 15 is 0 Å². The molecule has 0 fully saturated rings. The van der Waals surface area contributed by atoms with Crippen LogP contribution in [0.5, 0.6) is 5.75 Å². The van der Waals surface area contributed by atoms with Crippen LogP contribution in [0.1, 0.15) is 42.7 Å². The van der Waals surface area contributed by atoms with Crippen LogP contribution in [-0.4, -0.2) is 13.7 Å². The van der Waals surface area contributed by atoms with E-state index in [4.69, 9.17) is 9.15 Å². The Kier molecular flexibility index (Phi) is 5.88. The van der Waals surface area contributed by atoms with Gasteiger partial charge in [0.1, 0.15) is 11.5 Å². The number of furan rings is 1. The summed E-state index contributed by atoms with van der Waals surface area (Å²) in [5.74, 6) is 1.98. The van der Waals surface area contributed by atoms with Gasteiger partial charge in [0.25, 0.3) is 0 Å². The van der Waals surface area contributed by atoms with Gasteiger partial charge in [0.2, 0.25) is 0 Å². The molecule has 0 aliphatic heterocycles. The maximum atomic E-state index is 5.53. The molecule has 0 spiro atoms. The van der Waals surface area contributed by atoms with Crippen molar-refractivity contribution >= 4 is 0 Å². The summed E-state index contributed by atoms with van der Waals surface area (Å²) >= 11 is 0. The fraction of sp³-hybridized carbons (Fsp3) is 0.444. The van der Waals surface area contributed by atoms with Gasteiger partial charge in [-0.2, -0.15) is 0 Å². The minimum absolute atomic E-state index is 0.282. The Morgan fingerprint density at radius 2 is 2.14 bits per heavy atom. The highest BCUT2D eigenvalue weighted by atomic mass is 16.5. The predicted octanol–water partition coefficient (Wildman–Crippen LogP) is 4.27. The molecule has 1 aromatic carbocycles. The summed E-state index contributed by atoms with van der Waals surface area (Å²) in [5, 5.41) is 3.63. The number of hydrogen-bond acceptors (Lipinski definition) is 3. The third kappa shape index (κ3) is 4.36. The smallest absolute Gasteiger partial charge is 0.123 e. The topological polar surface area (TPSA) is 34.4 Å². The van der Waals surface area contributed by atoms with E-state index in [1.54, 1.807) is 13.4 Å². The second-order valence-electron chi connectivity index (χ2n) is 5.37. The Morgan fingerprint density at radius 3 is 2.81 bits per heavy atom. The summed E-state index contributed by atoms with van der Waals surface area (Å²) in [4.78, 5) is 0. The van der Waals surface area contributed by atoms with Crippen LogP contribution in [-0.2, 0) is 6.42 Å². The van der Waals surface area contributed by atoms with Gasteiger partial charge >= 0.3 is 0 Å². The van der Waals surface area contributed by atoms with Crippen LogP contribution >= 0.6 is 0 Å². The first kappa shape index (κ1) is 15.6. The van der Waals surface area contributed by atoms with E-state index in [0.29, 0.717) is 0 Å². The number of aryl methyl sites for hydroxylation is 2. The standard InChI is InChI=1S/C18H25NO2/c1-4-11-19-17(9-8-15-6-5-12-21-15)16-13-14(2)7-10-18(16)20-3/h5-7,10,12-13,17,19H,4,8-9,11H2,1-3H3. The van der Waals surface area contributed by atoms with Crippen LogP contribution in [0.25, 0.3) is 0 Å². The lowest BCUT2D eigenvalue weighted by molar-refractivity contribution is 0.391. The van der Waals surface area contributed by atoms with Crippen LogP contribution in [0, 0.1) is 6.92 Å². The molecule has 2 aromatic rings. The number of methoxy groups -OCH3 is 1. The Hall–Kier alpha value is -1.74. The van der Waals surface area contributed by atoms with E-state index < -0.39 is 0 Å². The molecular weight excluding hydrogens is 262 g/mol. The van der Waals surface area contributed by atoms with Crippen molar-refractivity contribution in [1.82, 2.24) is 5.32 Å². The lowest BCUT2D eigenvalue weighted by Gasteiger charge is -2.21. The fourth-order valence-corrected chi connectivity index (χ4v) is 2.55. The van der Waals surface area contributed by atoms with Gasteiger partial charge in [-0.3, -0.25) is 0 Å². The van der Waals surface area contributed by atoms with Gasteiger partial charge in [-0.15, -0.1) is 0 Å². The van der Waals surface area contributed by atoms with E-state index in [9.17, 15) is 0 Å². The molecule has 21 heavy (non-hydrogen) atoms. The van der Waals surface area contributed by atoms with E-state index in [1.807, 2.05) is 12.1 Å². The summed E-state index contributed by atoms with van der Waals surface area (Å²) in [6, 6.07) is 10.6. The van der Waals surface area contributed by atoms with Gasteiger partial charge in [0.15, 0.2) is 0 Å². The molecule has 1 heterocycles. The fourth-order valence-electron chi connectivity index (χ4n) is 2.55. The molecule has 0 bridgehead atoms. The number of nitrogens with one attached hydrogen (secondary N) is 1. The molecule has 3 nitrogen and oxygen atoms in total. The summed E-state index contributed by atoms with van der Waals surface area (Å²) in [7, 11) is 1.73. The largest absolute Gasteiger partial charge is 0.496 e. The predicted molar refractivity (Wildman–Crippen MR) is 85.8 cm³/mol. The van der Waals surface area contributed by atoms with Gasteiger partial charge in [-0.25, -0.2) is 0 Å². The van der Waals surface area contributed by atoms with Gasteiger partial charge in [-0.05, 0) is 44.5 Å². The van der Waals surface area contributed by atoms with E-state index in [0.717, 1.165) is 37.3 Å². The Bertz CT molecular complexity index is 534. The minimum Gasteiger partial charge on any atom is -0.496 e. The van der Waals surface area contributed by atoms with E-state index in [-0.39, 0.29) is 6.04 Å².